The van der Waals surface area contributed by atoms with Crippen LogP contribution in [-0.4, -0.2) is 25.3 Å². The average Bonchev–Trinajstić information content (AvgIpc) is 2.76. The molecule has 0 aliphatic carbocycles. The number of benzene rings is 1. The molecule has 0 atom stereocenters. The van der Waals surface area contributed by atoms with Crippen LogP contribution >= 0.6 is 0 Å². The Labute approximate surface area is 127 Å². The number of anilines is 1. The van der Waals surface area contributed by atoms with Gasteiger partial charge in [-0.2, -0.15) is 0 Å². The Morgan fingerprint density at radius 3 is 2.57 bits per heavy atom. The molecule has 3 rings (SSSR count). The first-order valence-electron chi connectivity index (χ1n) is 6.44. The summed E-state index contributed by atoms with van der Waals surface area (Å²) >= 11 is -0.207. The van der Waals surface area contributed by atoms with Crippen LogP contribution in [0.5, 0.6) is 0 Å². The normalized spacial score (nSPS) is 11.0. The van der Waals surface area contributed by atoms with Crippen LogP contribution in [0.2, 0.25) is 0 Å². The third kappa shape index (κ3) is 2.39. The predicted molar refractivity (Wildman–Crippen MR) is 82.4 cm³/mol. The van der Waals surface area contributed by atoms with Gasteiger partial charge in [0.1, 0.15) is 0 Å². The van der Waals surface area contributed by atoms with E-state index in [1.165, 1.54) is 24.3 Å². The number of aromatic nitrogens is 1. The molecule has 1 aromatic carbocycles. The van der Waals surface area contributed by atoms with E-state index in [4.69, 9.17) is 5.73 Å². The molecule has 0 saturated carbocycles. The van der Waals surface area contributed by atoms with Crippen molar-refractivity contribution >= 4 is 35.8 Å². The van der Waals surface area contributed by atoms with Crippen molar-refractivity contribution in [3.63, 3.8) is 0 Å². The molecule has 0 saturated heterocycles. The van der Waals surface area contributed by atoms with Crippen LogP contribution in [0.4, 0.5) is 10.1 Å². The minimum absolute atomic E-state index is 0.137. The standard InChI is InChI=1S/C16H13FN2OSe/c1-8-7-9(2)19-16-12(8)13(18)15(21-16)14(20)10-3-5-11(17)6-4-10/h3-7H,18H2,1-2H3. The third-order valence-electron chi connectivity index (χ3n) is 3.34. The van der Waals surface area contributed by atoms with Gasteiger partial charge in [-0.25, -0.2) is 0 Å². The van der Waals surface area contributed by atoms with Crippen molar-refractivity contribution in [2.45, 2.75) is 13.8 Å². The molecule has 0 unspecified atom stereocenters. The summed E-state index contributed by atoms with van der Waals surface area (Å²) in [5.74, 6) is -0.496. The first kappa shape index (κ1) is 14.0. The molecule has 0 aliphatic rings. The van der Waals surface area contributed by atoms with Crippen LogP contribution in [0.1, 0.15) is 26.1 Å². The number of nitrogens with two attached hydrogens (primary N) is 1. The Hall–Kier alpha value is -1.97. The fourth-order valence-corrected chi connectivity index (χ4v) is 4.84. The van der Waals surface area contributed by atoms with Gasteiger partial charge in [0.25, 0.3) is 0 Å². The molecule has 0 amide bonds. The molecule has 0 bridgehead atoms. The second-order valence-corrected chi connectivity index (χ2v) is 7.04. The summed E-state index contributed by atoms with van der Waals surface area (Å²) in [6, 6.07) is 7.51. The molecule has 0 fully saturated rings. The zero-order chi connectivity index (χ0) is 15.1. The summed E-state index contributed by atoms with van der Waals surface area (Å²) in [6.45, 7) is 3.90. The van der Waals surface area contributed by atoms with E-state index in [-0.39, 0.29) is 26.1 Å². The van der Waals surface area contributed by atoms with Crippen molar-refractivity contribution in [3.8, 4) is 0 Å². The van der Waals surface area contributed by atoms with Gasteiger partial charge in [-0.1, -0.05) is 0 Å². The van der Waals surface area contributed by atoms with Crippen LogP contribution in [-0.2, 0) is 0 Å². The zero-order valence-corrected chi connectivity index (χ0v) is 13.3. The molecular weight excluding hydrogens is 334 g/mol. The maximum absolute atomic E-state index is 13.0. The number of carbonyl (C=O) groups is 1. The molecular formula is C16H13FN2OSe. The number of fused-ring (bicyclic) bond motifs is 1. The van der Waals surface area contributed by atoms with Gasteiger partial charge in [0.05, 0.1) is 0 Å². The van der Waals surface area contributed by atoms with Gasteiger partial charge in [-0.3, -0.25) is 0 Å². The quantitative estimate of drug-likeness (QED) is 0.573. The van der Waals surface area contributed by atoms with E-state index in [0.29, 0.717) is 15.7 Å². The topological polar surface area (TPSA) is 56.0 Å². The molecule has 5 heteroatoms. The fraction of sp³-hybridized carbons (Fsp3) is 0.125. The van der Waals surface area contributed by atoms with E-state index in [1.54, 1.807) is 0 Å². The average molecular weight is 347 g/mol. The van der Waals surface area contributed by atoms with Crippen LogP contribution in [0.3, 0.4) is 0 Å². The molecule has 0 aliphatic heterocycles. The number of nitrogens with zero attached hydrogens (tertiary/aromatic N) is 1. The van der Waals surface area contributed by atoms with Crippen LogP contribution in [0.15, 0.2) is 30.3 Å². The Bertz CT molecular complexity index is 853. The van der Waals surface area contributed by atoms with E-state index < -0.39 is 0 Å². The SMILES string of the molecule is Cc1cc(C)c2c(N)c(C(=O)c3ccc(F)cc3)[se]c2n1. The van der Waals surface area contributed by atoms with Gasteiger partial charge in [0, 0.05) is 0 Å². The number of pyridine rings is 1. The van der Waals surface area contributed by atoms with Crippen molar-refractivity contribution in [1.82, 2.24) is 4.98 Å². The summed E-state index contributed by atoms with van der Waals surface area (Å²) in [5, 5.41) is 0.895. The Kier molecular flexibility index (Phi) is 3.39. The number of hydrogen-bond donors (Lipinski definition) is 1. The molecule has 2 aromatic heterocycles. The zero-order valence-electron chi connectivity index (χ0n) is 11.6. The Morgan fingerprint density at radius 2 is 1.90 bits per heavy atom. The molecule has 0 spiro atoms. The summed E-state index contributed by atoms with van der Waals surface area (Å²) in [5.41, 5.74) is 9.11. The molecule has 2 N–H and O–H groups in total. The van der Waals surface area contributed by atoms with Gasteiger partial charge in [0.2, 0.25) is 0 Å². The fourth-order valence-electron chi connectivity index (χ4n) is 2.37. The van der Waals surface area contributed by atoms with E-state index in [0.717, 1.165) is 21.0 Å². The molecule has 2 heterocycles. The number of rotatable bonds is 2. The van der Waals surface area contributed by atoms with E-state index in [9.17, 15) is 9.18 Å². The minimum atomic E-state index is -0.359. The Morgan fingerprint density at radius 1 is 1.24 bits per heavy atom. The number of carbonyl (C=O) groups excluding carboxylic acids is 1. The van der Waals surface area contributed by atoms with Crippen molar-refractivity contribution in [1.29, 1.82) is 0 Å². The summed E-state index contributed by atoms with van der Waals surface area (Å²) < 4.78 is 14.5. The number of aryl methyl sites for hydroxylation is 2. The second kappa shape index (κ2) is 5.10. The van der Waals surface area contributed by atoms with Crippen LogP contribution < -0.4 is 5.73 Å². The maximum atomic E-state index is 13.0. The number of nitrogen functional groups attached to an aromatic ring is 1. The van der Waals surface area contributed by atoms with Gasteiger partial charge in [0.15, 0.2) is 0 Å². The molecule has 106 valence electrons. The van der Waals surface area contributed by atoms with E-state index >= 15 is 0 Å². The second-order valence-electron chi connectivity index (χ2n) is 4.94. The third-order valence-corrected chi connectivity index (χ3v) is 5.64. The van der Waals surface area contributed by atoms with Gasteiger partial charge in [-0.15, -0.1) is 0 Å². The van der Waals surface area contributed by atoms with E-state index in [1.807, 2.05) is 19.9 Å². The first-order chi connectivity index (χ1) is 9.97. The summed E-state index contributed by atoms with van der Waals surface area (Å²) in [7, 11) is 0. The Balaban J connectivity index is 2.16. The summed E-state index contributed by atoms with van der Waals surface area (Å²) in [6.07, 6.45) is 0. The monoisotopic (exact) mass is 348 g/mol. The number of ketones is 1. The van der Waals surface area contributed by atoms with Crippen LogP contribution in [0, 0.1) is 19.7 Å². The van der Waals surface area contributed by atoms with Gasteiger partial charge in [-0.05, 0) is 0 Å². The molecule has 3 nitrogen and oxygen atoms in total. The molecule has 3 aromatic rings. The molecule has 0 radical (unpaired) electrons. The molecule has 21 heavy (non-hydrogen) atoms. The van der Waals surface area contributed by atoms with E-state index in [2.05, 4.69) is 4.98 Å². The number of halogens is 1. The van der Waals surface area contributed by atoms with Crippen molar-refractivity contribution in [3.05, 3.63) is 57.4 Å². The summed E-state index contributed by atoms with van der Waals surface area (Å²) in [4.78, 5) is 17.1. The first-order valence-corrected chi connectivity index (χ1v) is 8.15. The van der Waals surface area contributed by atoms with Gasteiger partial charge >= 0.3 is 127 Å². The van der Waals surface area contributed by atoms with Gasteiger partial charge < -0.3 is 0 Å². The van der Waals surface area contributed by atoms with Crippen molar-refractivity contribution < 1.29 is 9.18 Å². The van der Waals surface area contributed by atoms with Crippen LogP contribution in [0.25, 0.3) is 9.78 Å². The van der Waals surface area contributed by atoms with Crippen molar-refractivity contribution in [2.75, 3.05) is 5.73 Å². The van der Waals surface area contributed by atoms with Crippen molar-refractivity contribution in [2.24, 2.45) is 0 Å². The number of hydrogen-bond acceptors (Lipinski definition) is 3. The predicted octanol–water partition coefficient (Wildman–Crippen LogP) is 2.86.